The molecule has 1 saturated carbocycles. The smallest absolute Gasteiger partial charge is 0.268 e. The first kappa shape index (κ1) is 16.4. The highest BCUT2D eigenvalue weighted by atomic mass is 16.1. The van der Waals surface area contributed by atoms with Crippen molar-refractivity contribution in [2.45, 2.75) is 31.3 Å². The monoisotopic (exact) mass is 366 g/mol. The minimum atomic E-state index is -0.0750. The van der Waals surface area contributed by atoms with Crippen molar-refractivity contribution in [2.24, 2.45) is 7.05 Å². The van der Waals surface area contributed by atoms with E-state index >= 15 is 0 Å². The van der Waals surface area contributed by atoms with Gasteiger partial charge in [0.25, 0.3) is 5.56 Å². The summed E-state index contributed by atoms with van der Waals surface area (Å²) in [5.74, 6) is 2.46. The van der Waals surface area contributed by atoms with Crippen LogP contribution in [0.2, 0.25) is 0 Å². The molecule has 0 spiro atoms. The molecule has 2 aliphatic rings. The van der Waals surface area contributed by atoms with Crippen molar-refractivity contribution in [1.82, 2.24) is 34.3 Å². The molecule has 3 aromatic heterocycles. The van der Waals surface area contributed by atoms with Gasteiger partial charge in [0.1, 0.15) is 5.82 Å². The summed E-state index contributed by atoms with van der Waals surface area (Å²) in [5, 5.41) is 13.3. The van der Waals surface area contributed by atoms with Crippen LogP contribution in [-0.4, -0.2) is 60.4 Å². The highest BCUT2D eigenvalue weighted by Gasteiger charge is 2.33. The Kier molecular flexibility index (Phi) is 3.71. The Morgan fingerprint density at radius 1 is 1.19 bits per heavy atom. The van der Waals surface area contributed by atoms with E-state index in [4.69, 9.17) is 5.10 Å². The van der Waals surface area contributed by atoms with E-state index < -0.39 is 0 Å². The van der Waals surface area contributed by atoms with Crippen LogP contribution >= 0.6 is 0 Å². The van der Waals surface area contributed by atoms with Gasteiger partial charge in [-0.2, -0.15) is 4.52 Å². The molecular weight excluding hydrogens is 344 g/mol. The predicted molar refractivity (Wildman–Crippen MR) is 99.7 cm³/mol. The van der Waals surface area contributed by atoms with Crippen LogP contribution in [0.15, 0.2) is 29.3 Å². The van der Waals surface area contributed by atoms with Crippen molar-refractivity contribution in [2.75, 3.05) is 25.0 Å². The van der Waals surface area contributed by atoms with Crippen molar-refractivity contribution >= 4 is 11.5 Å². The number of likely N-dealkylation sites (N-methyl/N-ethyl adjacent to an activating group) is 1. The molecule has 9 nitrogen and oxygen atoms in total. The first-order valence-electron chi connectivity index (χ1n) is 9.27. The van der Waals surface area contributed by atoms with E-state index in [2.05, 4.69) is 32.0 Å². The van der Waals surface area contributed by atoms with E-state index in [-0.39, 0.29) is 5.56 Å². The molecule has 2 fully saturated rings. The maximum Gasteiger partial charge on any atom is 0.268 e. The minimum absolute atomic E-state index is 0.0750. The molecular formula is C18H22N8O. The molecule has 27 heavy (non-hydrogen) atoms. The lowest BCUT2D eigenvalue weighted by Crippen LogP contribution is -2.58. The van der Waals surface area contributed by atoms with Crippen LogP contribution in [0.25, 0.3) is 5.65 Å². The van der Waals surface area contributed by atoms with Crippen molar-refractivity contribution in [3.8, 4) is 0 Å². The molecule has 5 rings (SSSR count). The van der Waals surface area contributed by atoms with Gasteiger partial charge >= 0.3 is 0 Å². The zero-order valence-electron chi connectivity index (χ0n) is 15.5. The molecule has 0 amide bonds. The maximum absolute atomic E-state index is 11.7. The van der Waals surface area contributed by atoms with Crippen LogP contribution in [0.5, 0.6) is 0 Å². The summed E-state index contributed by atoms with van der Waals surface area (Å²) in [5.41, 5.74) is 1.66. The van der Waals surface area contributed by atoms with Gasteiger partial charge in [0.15, 0.2) is 11.5 Å². The quantitative estimate of drug-likeness (QED) is 0.647. The van der Waals surface area contributed by atoms with Crippen molar-refractivity contribution in [3.05, 3.63) is 46.4 Å². The fourth-order valence-electron chi connectivity index (χ4n) is 3.52. The Balaban J connectivity index is 1.27. The van der Waals surface area contributed by atoms with Crippen molar-refractivity contribution in [3.63, 3.8) is 0 Å². The molecule has 4 heterocycles. The van der Waals surface area contributed by atoms with Gasteiger partial charge in [0.2, 0.25) is 0 Å². The van der Waals surface area contributed by atoms with Gasteiger partial charge in [0.05, 0.1) is 11.9 Å². The Morgan fingerprint density at radius 3 is 2.78 bits per heavy atom. The maximum atomic E-state index is 11.7. The molecule has 0 N–H and O–H groups in total. The average molecular weight is 366 g/mol. The van der Waals surface area contributed by atoms with Crippen LogP contribution in [0.1, 0.15) is 30.3 Å². The van der Waals surface area contributed by atoms with Gasteiger partial charge in [-0.15, -0.1) is 15.3 Å². The zero-order chi connectivity index (χ0) is 18.5. The molecule has 0 bridgehead atoms. The van der Waals surface area contributed by atoms with Gasteiger partial charge in [-0.05, 0) is 32.0 Å². The number of hydrogen-bond donors (Lipinski definition) is 0. The van der Waals surface area contributed by atoms with Crippen LogP contribution in [0, 0.1) is 0 Å². The molecule has 9 heteroatoms. The predicted octanol–water partition coefficient (Wildman–Crippen LogP) is 0.416. The highest BCUT2D eigenvalue weighted by molar-refractivity contribution is 5.48. The topological polar surface area (TPSA) is 84.5 Å². The number of anilines is 1. The molecule has 0 aromatic carbocycles. The SMILES string of the molecule is CN(Cc1cncc(=O)n1C)C1CN(c2ccc3nnc(C4CC4)n3n2)C1. The number of nitrogens with zero attached hydrogens (tertiary/aromatic N) is 8. The summed E-state index contributed by atoms with van der Waals surface area (Å²) >= 11 is 0. The van der Waals surface area contributed by atoms with E-state index in [1.165, 1.54) is 19.0 Å². The summed E-state index contributed by atoms with van der Waals surface area (Å²) in [6.07, 6.45) is 5.47. The summed E-state index contributed by atoms with van der Waals surface area (Å²) in [7, 11) is 3.87. The van der Waals surface area contributed by atoms with Gasteiger partial charge in [-0.1, -0.05) is 0 Å². The third-order valence-electron chi connectivity index (χ3n) is 5.61. The minimum Gasteiger partial charge on any atom is -0.352 e. The standard InChI is InChI=1S/C18H22N8O/c1-23(9-13-7-19-8-17(27)24(13)2)14-10-25(11-14)16-6-5-15-20-21-18(12-3-4-12)26(15)22-16/h5-8,12,14H,3-4,9-11H2,1-2H3. The molecule has 0 atom stereocenters. The van der Waals surface area contributed by atoms with Crippen LogP contribution in [0.4, 0.5) is 5.82 Å². The Bertz CT molecular complexity index is 1050. The fraction of sp³-hybridized carbons (Fsp3) is 0.500. The first-order valence-corrected chi connectivity index (χ1v) is 9.27. The Hall–Kier alpha value is -2.81. The molecule has 0 unspecified atom stereocenters. The van der Waals surface area contributed by atoms with E-state index in [1.807, 2.05) is 16.6 Å². The van der Waals surface area contributed by atoms with Crippen molar-refractivity contribution < 1.29 is 0 Å². The third-order valence-corrected chi connectivity index (χ3v) is 5.61. The number of hydrogen-bond acceptors (Lipinski definition) is 7. The van der Waals surface area contributed by atoms with Crippen LogP contribution in [-0.2, 0) is 13.6 Å². The zero-order valence-corrected chi connectivity index (χ0v) is 15.5. The summed E-state index contributed by atoms with van der Waals surface area (Å²) in [6.45, 7) is 2.51. The van der Waals surface area contributed by atoms with E-state index in [0.29, 0.717) is 18.5 Å². The summed E-state index contributed by atoms with van der Waals surface area (Å²) < 4.78 is 3.55. The number of fused-ring (bicyclic) bond motifs is 1. The summed E-state index contributed by atoms with van der Waals surface area (Å²) in [6, 6.07) is 4.42. The number of aromatic nitrogens is 6. The van der Waals surface area contributed by atoms with Crippen LogP contribution < -0.4 is 10.5 Å². The number of rotatable bonds is 5. The lowest BCUT2D eigenvalue weighted by molar-refractivity contribution is 0.192. The van der Waals surface area contributed by atoms with Crippen molar-refractivity contribution in [1.29, 1.82) is 0 Å². The fourth-order valence-corrected chi connectivity index (χ4v) is 3.52. The second-order valence-corrected chi connectivity index (χ2v) is 7.56. The molecule has 1 aliphatic heterocycles. The molecule has 1 saturated heterocycles. The molecule has 1 aliphatic carbocycles. The normalized spacial score (nSPS) is 17.7. The molecule has 3 aromatic rings. The summed E-state index contributed by atoms with van der Waals surface area (Å²) in [4.78, 5) is 20.3. The second-order valence-electron chi connectivity index (χ2n) is 7.56. The molecule has 140 valence electrons. The molecule has 0 radical (unpaired) electrons. The Labute approximate surface area is 156 Å². The van der Waals surface area contributed by atoms with Gasteiger partial charge in [0, 0.05) is 44.8 Å². The lowest BCUT2D eigenvalue weighted by atomic mass is 10.1. The van der Waals surface area contributed by atoms with E-state index in [1.54, 1.807) is 17.8 Å². The highest BCUT2D eigenvalue weighted by Crippen LogP contribution is 2.38. The first-order chi connectivity index (χ1) is 13.1. The Morgan fingerprint density at radius 2 is 2.00 bits per heavy atom. The van der Waals surface area contributed by atoms with E-state index in [0.717, 1.165) is 36.1 Å². The second kappa shape index (κ2) is 6.12. The van der Waals surface area contributed by atoms with E-state index in [9.17, 15) is 4.79 Å². The lowest BCUT2D eigenvalue weighted by Gasteiger charge is -2.44. The largest absolute Gasteiger partial charge is 0.352 e. The average Bonchev–Trinajstić information content (AvgIpc) is 3.37. The van der Waals surface area contributed by atoms with Gasteiger partial charge < -0.3 is 9.47 Å². The third kappa shape index (κ3) is 2.87. The van der Waals surface area contributed by atoms with Crippen LogP contribution in [0.3, 0.4) is 0 Å². The van der Waals surface area contributed by atoms with Gasteiger partial charge in [-0.25, -0.2) is 0 Å². The van der Waals surface area contributed by atoms with Gasteiger partial charge in [-0.3, -0.25) is 14.7 Å².